The van der Waals surface area contributed by atoms with Crippen LogP contribution in [0.2, 0.25) is 0 Å². The fourth-order valence-corrected chi connectivity index (χ4v) is 13.2. The van der Waals surface area contributed by atoms with Gasteiger partial charge in [-0.15, -0.1) is 0 Å². The summed E-state index contributed by atoms with van der Waals surface area (Å²) in [6.07, 6.45) is 0. The first-order valence-electron chi connectivity index (χ1n) is 28.1. The van der Waals surface area contributed by atoms with Gasteiger partial charge in [-0.2, -0.15) is 0 Å². The summed E-state index contributed by atoms with van der Waals surface area (Å²) in [5.74, 6) is 0. The van der Waals surface area contributed by atoms with E-state index in [-0.39, 0.29) is 5.41 Å². The summed E-state index contributed by atoms with van der Waals surface area (Å²) in [5.41, 5.74) is 27.0. The van der Waals surface area contributed by atoms with Gasteiger partial charge in [0.05, 0.1) is 0 Å². The van der Waals surface area contributed by atoms with E-state index in [1.54, 1.807) is 0 Å². The van der Waals surface area contributed by atoms with Crippen LogP contribution in [0.5, 0.6) is 0 Å². The standard InChI is InChI=1S/C79H56N2/c1-52-65-28-16-17-29-66(65)67-44-36-57(48-72(52)67)77-70-46-42-64(81(60-26-14-7-15-27-60)62-40-34-56(35-41-62)54-22-10-5-11-23-54)51-74(70)78(58-37-45-69-68-30-18-19-31-75(68)79(2,3)76(69)49-58)71-47-43-63(50-73(71)77)80(59-24-12-6-13-25-59)61-38-32-55(33-39-61)53-20-8-4-9-21-53/h4-51H,1H2,2-3H3. The van der Waals surface area contributed by atoms with Gasteiger partial charge in [0.15, 0.2) is 0 Å². The van der Waals surface area contributed by atoms with Gasteiger partial charge >= 0.3 is 0 Å². The largest absolute Gasteiger partial charge is 0.310 e. The van der Waals surface area contributed by atoms with Crippen molar-refractivity contribution in [3.05, 3.63) is 320 Å². The summed E-state index contributed by atoms with van der Waals surface area (Å²) in [4.78, 5) is 4.81. The molecular formula is C79H56N2. The lowest BCUT2D eigenvalue weighted by atomic mass is 9.80. The van der Waals surface area contributed by atoms with Crippen molar-refractivity contribution in [1.82, 2.24) is 0 Å². The van der Waals surface area contributed by atoms with E-state index in [1.807, 2.05) is 0 Å². The van der Waals surface area contributed by atoms with E-state index in [0.717, 1.165) is 45.3 Å². The van der Waals surface area contributed by atoms with Gasteiger partial charge in [-0.1, -0.05) is 227 Å². The van der Waals surface area contributed by atoms with E-state index >= 15 is 0 Å². The van der Waals surface area contributed by atoms with Crippen LogP contribution in [0.15, 0.2) is 298 Å². The fourth-order valence-electron chi connectivity index (χ4n) is 13.2. The Balaban J connectivity index is 1.01. The molecule has 382 valence electrons. The molecule has 0 aromatic heterocycles. The molecule has 0 spiro atoms. The van der Waals surface area contributed by atoms with Crippen LogP contribution < -0.4 is 9.80 Å². The number of fused-ring (bicyclic) bond motifs is 8. The minimum absolute atomic E-state index is 0.196. The lowest BCUT2D eigenvalue weighted by molar-refractivity contribution is 0.660. The molecule has 0 aliphatic heterocycles. The Morgan fingerprint density at radius 1 is 0.247 bits per heavy atom. The monoisotopic (exact) mass is 1030 g/mol. The lowest BCUT2D eigenvalue weighted by Gasteiger charge is -2.28. The van der Waals surface area contributed by atoms with Crippen molar-refractivity contribution in [2.75, 3.05) is 9.80 Å². The molecule has 0 saturated heterocycles. The summed E-state index contributed by atoms with van der Waals surface area (Å²) in [6.45, 7) is 9.50. The summed E-state index contributed by atoms with van der Waals surface area (Å²) >= 11 is 0. The molecule has 2 aliphatic rings. The second kappa shape index (κ2) is 19.3. The van der Waals surface area contributed by atoms with Crippen LogP contribution in [-0.4, -0.2) is 0 Å². The molecule has 2 aliphatic carbocycles. The first-order chi connectivity index (χ1) is 39.9. The Labute approximate surface area is 474 Å². The van der Waals surface area contributed by atoms with E-state index in [0.29, 0.717) is 0 Å². The normalized spacial score (nSPS) is 12.7. The molecule has 0 unspecified atom stereocenters. The maximum Gasteiger partial charge on any atom is 0.0468 e. The highest BCUT2D eigenvalue weighted by atomic mass is 15.1. The second-order valence-corrected chi connectivity index (χ2v) is 22.1. The molecule has 15 rings (SSSR count). The van der Waals surface area contributed by atoms with Gasteiger partial charge in [-0.3, -0.25) is 0 Å². The molecule has 0 radical (unpaired) electrons. The van der Waals surface area contributed by atoms with Gasteiger partial charge in [0.1, 0.15) is 0 Å². The lowest BCUT2D eigenvalue weighted by Crippen LogP contribution is -2.14. The van der Waals surface area contributed by atoms with Crippen LogP contribution in [0.3, 0.4) is 0 Å². The molecule has 0 heterocycles. The molecule has 0 saturated carbocycles. The molecular weight excluding hydrogens is 977 g/mol. The SMILES string of the molecule is C=C1c2ccccc2-c2ccc(-c3c4ccc(N(c5ccccc5)c5ccc(-c6ccccc6)cc5)cc4c(-c4ccc5c(c4)C(C)(C)c4ccccc4-5)c4ccc(N(c5ccccc5)c5ccc(-c6ccccc6)cc5)cc34)cc21. The molecule has 13 aromatic rings. The van der Waals surface area contributed by atoms with Gasteiger partial charge in [0.2, 0.25) is 0 Å². The molecule has 0 N–H and O–H groups in total. The number of nitrogens with zero attached hydrogens (tertiary/aromatic N) is 2. The van der Waals surface area contributed by atoms with Crippen molar-refractivity contribution in [3.63, 3.8) is 0 Å². The third kappa shape index (κ3) is 8.02. The number of hydrogen-bond acceptors (Lipinski definition) is 2. The van der Waals surface area contributed by atoms with E-state index in [1.165, 1.54) is 105 Å². The van der Waals surface area contributed by atoms with Gasteiger partial charge < -0.3 is 9.80 Å². The van der Waals surface area contributed by atoms with Gasteiger partial charge in [-0.25, -0.2) is 0 Å². The second-order valence-electron chi connectivity index (χ2n) is 22.1. The Morgan fingerprint density at radius 2 is 0.605 bits per heavy atom. The maximum absolute atomic E-state index is 4.73. The van der Waals surface area contributed by atoms with Crippen LogP contribution in [0, 0.1) is 0 Å². The minimum Gasteiger partial charge on any atom is -0.310 e. The summed E-state index contributed by atoms with van der Waals surface area (Å²) in [5, 5.41) is 4.70. The van der Waals surface area contributed by atoms with Gasteiger partial charge in [0, 0.05) is 39.5 Å². The molecule has 2 nitrogen and oxygen atoms in total. The number of hydrogen-bond donors (Lipinski definition) is 0. The van der Waals surface area contributed by atoms with E-state index in [9.17, 15) is 0 Å². The summed E-state index contributed by atoms with van der Waals surface area (Å²) in [7, 11) is 0. The Kier molecular flexibility index (Phi) is 11.4. The molecule has 0 bridgehead atoms. The van der Waals surface area contributed by atoms with Crippen molar-refractivity contribution >= 4 is 61.2 Å². The Hall–Kier alpha value is -10.3. The van der Waals surface area contributed by atoms with Crippen molar-refractivity contribution in [2.45, 2.75) is 19.3 Å². The topological polar surface area (TPSA) is 6.48 Å². The number of rotatable bonds is 10. The summed E-state index contributed by atoms with van der Waals surface area (Å²) < 4.78 is 0. The molecule has 2 heteroatoms. The number of para-hydroxylation sites is 2. The van der Waals surface area contributed by atoms with Gasteiger partial charge in [-0.05, 0) is 201 Å². The first-order valence-corrected chi connectivity index (χ1v) is 28.1. The van der Waals surface area contributed by atoms with Crippen molar-refractivity contribution in [1.29, 1.82) is 0 Å². The molecule has 0 fully saturated rings. The molecule has 81 heavy (non-hydrogen) atoms. The zero-order valence-electron chi connectivity index (χ0n) is 45.3. The van der Waals surface area contributed by atoms with Crippen LogP contribution in [-0.2, 0) is 5.41 Å². The van der Waals surface area contributed by atoms with E-state index in [4.69, 9.17) is 6.58 Å². The Bertz CT molecular complexity index is 4580. The third-order valence-electron chi connectivity index (χ3n) is 17.1. The van der Waals surface area contributed by atoms with Crippen molar-refractivity contribution < 1.29 is 0 Å². The minimum atomic E-state index is -0.196. The maximum atomic E-state index is 4.73. The molecule has 0 amide bonds. The van der Waals surface area contributed by atoms with E-state index < -0.39 is 0 Å². The highest BCUT2D eigenvalue weighted by Crippen LogP contribution is 2.54. The van der Waals surface area contributed by atoms with Gasteiger partial charge in [0.25, 0.3) is 0 Å². The van der Waals surface area contributed by atoms with Crippen LogP contribution >= 0.6 is 0 Å². The smallest absolute Gasteiger partial charge is 0.0468 e. The fraction of sp³-hybridized carbons (Fsp3) is 0.0380. The average Bonchev–Trinajstić information content (AvgIpc) is 4.14. The number of anilines is 6. The summed E-state index contributed by atoms with van der Waals surface area (Å²) in [6, 6.07) is 107. The third-order valence-corrected chi connectivity index (χ3v) is 17.1. The molecule has 0 atom stereocenters. The van der Waals surface area contributed by atoms with Crippen LogP contribution in [0.25, 0.3) is 93.9 Å². The number of benzene rings is 13. The molecule has 13 aromatic carbocycles. The van der Waals surface area contributed by atoms with Crippen molar-refractivity contribution in [3.8, 4) is 66.8 Å². The highest BCUT2D eigenvalue weighted by Gasteiger charge is 2.36. The quantitative estimate of drug-likeness (QED) is 0.126. The van der Waals surface area contributed by atoms with Crippen molar-refractivity contribution in [2.24, 2.45) is 0 Å². The zero-order valence-corrected chi connectivity index (χ0v) is 45.3. The predicted octanol–water partition coefficient (Wildman–Crippen LogP) is 21.9. The van der Waals surface area contributed by atoms with Crippen LogP contribution in [0.1, 0.15) is 36.1 Å². The van der Waals surface area contributed by atoms with E-state index in [2.05, 4.69) is 315 Å². The zero-order chi connectivity index (χ0) is 54.2. The predicted molar refractivity (Wildman–Crippen MR) is 344 cm³/mol. The average molecular weight is 1030 g/mol. The van der Waals surface area contributed by atoms with Crippen LogP contribution in [0.4, 0.5) is 34.1 Å². The Morgan fingerprint density at radius 3 is 1.12 bits per heavy atom. The highest BCUT2D eigenvalue weighted by molar-refractivity contribution is 6.23. The first kappa shape index (κ1) is 47.9.